The molecule has 1 aliphatic heterocycles. The zero-order valence-corrected chi connectivity index (χ0v) is 13.2. The number of hydrogen-bond acceptors (Lipinski definition) is 6. The van der Waals surface area contributed by atoms with Crippen LogP contribution in [0.5, 0.6) is 0 Å². The second-order valence-electron chi connectivity index (χ2n) is 6.48. The molecule has 122 valence electrons. The Morgan fingerprint density at radius 2 is 1.71 bits per heavy atom. The van der Waals surface area contributed by atoms with Crippen LogP contribution in [0.4, 0.5) is 0 Å². The van der Waals surface area contributed by atoms with Crippen molar-refractivity contribution in [2.75, 3.05) is 13.2 Å². The average molecular weight is 302 g/mol. The molecule has 0 aromatic heterocycles. The Kier molecular flexibility index (Phi) is 7.67. The molecule has 0 bridgehead atoms. The van der Waals surface area contributed by atoms with E-state index in [-0.39, 0.29) is 24.2 Å². The average Bonchev–Trinajstić information content (AvgIpc) is 2.37. The summed E-state index contributed by atoms with van der Waals surface area (Å²) in [5.41, 5.74) is -0.104. The van der Waals surface area contributed by atoms with Crippen molar-refractivity contribution in [3.8, 4) is 0 Å². The lowest BCUT2D eigenvalue weighted by molar-refractivity contribution is -0.309. The van der Waals surface area contributed by atoms with E-state index in [1.54, 1.807) is 0 Å². The molecule has 0 aromatic rings. The van der Waals surface area contributed by atoms with E-state index in [1.165, 1.54) is 0 Å². The van der Waals surface area contributed by atoms with E-state index in [9.17, 15) is 9.59 Å². The molecule has 1 fully saturated rings. The van der Waals surface area contributed by atoms with Crippen LogP contribution < -0.4 is 0 Å². The molecule has 0 spiro atoms. The lowest BCUT2D eigenvalue weighted by Gasteiger charge is -2.26. The highest BCUT2D eigenvalue weighted by Crippen LogP contribution is 2.27. The van der Waals surface area contributed by atoms with Crippen molar-refractivity contribution in [1.29, 1.82) is 0 Å². The van der Waals surface area contributed by atoms with E-state index < -0.39 is 11.9 Å². The summed E-state index contributed by atoms with van der Waals surface area (Å²) < 4.78 is 0. The van der Waals surface area contributed by atoms with Gasteiger partial charge in [0.1, 0.15) is 0 Å². The summed E-state index contributed by atoms with van der Waals surface area (Å²) in [6.45, 7) is 7.05. The molecule has 1 saturated heterocycles. The van der Waals surface area contributed by atoms with Gasteiger partial charge in [-0.3, -0.25) is 0 Å². The number of carbonyl (C=O) groups is 2. The van der Waals surface area contributed by atoms with Crippen molar-refractivity contribution in [2.24, 2.45) is 11.3 Å². The first-order chi connectivity index (χ1) is 9.89. The standard InChI is InChI=1S/C15H26O6/c1-12-9-14(17)21-20-13(16)7-5-4-6-8-18-19-11-15(2,3)10-12/h12H,4-11H2,1-3H3. The van der Waals surface area contributed by atoms with Gasteiger partial charge in [-0.05, 0) is 30.6 Å². The maximum Gasteiger partial charge on any atom is 0.355 e. The Morgan fingerprint density at radius 3 is 2.48 bits per heavy atom. The summed E-state index contributed by atoms with van der Waals surface area (Å²) in [7, 11) is 0. The van der Waals surface area contributed by atoms with Gasteiger partial charge in [0.15, 0.2) is 0 Å². The number of hydrogen-bond donors (Lipinski definition) is 0. The smallest absolute Gasteiger partial charge is 0.247 e. The topological polar surface area (TPSA) is 71.1 Å². The first kappa shape index (κ1) is 17.9. The van der Waals surface area contributed by atoms with E-state index in [0.717, 1.165) is 19.3 Å². The van der Waals surface area contributed by atoms with Crippen LogP contribution >= 0.6 is 0 Å². The molecule has 1 atom stereocenters. The fourth-order valence-corrected chi connectivity index (χ4v) is 2.39. The van der Waals surface area contributed by atoms with Gasteiger partial charge < -0.3 is 0 Å². The van der Waals surface area contributed by atoms with Gasteiger partial charge in [-0.1, -0.05) is 27.2 Å². The van der Waals surface area contributed by atoms with Crippen LogP contribution in [0.15, 0.2) is 0 Å². The summed E-state index contributed by atoms with van der Waals surface area (Å²) >= 11 is 0. The highest BCUT2D eigenvalue weighted by atomic mass is 17.2. The third-order valence-corrected chi connectivity index (χ3v) is 3.29. The van der Waals surface area contributed by atoms with E-state index in [4.69, 9.17) is 9.78 Å². The van der Waals surface area contributed by atoms with Crippen molar-refractivity contribution < 1.29 is 29.1 Å². The van der Waals surface area contributed by atoms with Crippen molar-refractivity contribution in [1.82, 2.24) is 0 Å². The fraction of sp³-hybridized carbons (Fsp3) is 0.867. The maximum atomic E-state index is 11.6. The van der Waals surface area contributed by atoms with Crippen molar-refractivity contribution in [3.63, 3.8) is 0 Å². The molecule has 0 radical (unpaired) electrons. The van der Waals surface area contributed by atoms with Crippen LogP contribution in [-0.4, -0.2) is 25.2 Å². The van der Waals surface area contributed by atoms with Gasteiger partial charge in [-0.25, -0.2) is 29.1 Å². The van der Waals surface area contributed by atoms with E-state index in [0.29, 0.717) is 19.6 Å². The van der Waals surface area contributed by atoms with Crippen molar-refractivity contribution in [2.45, 2.75) is 59.3 Å². The summed E-state index contributed by atoms with van der Waals surface area (Å²) in [5.74, 6) is -0.931. The molecule has 1 heterocycles. The van der Waals surface area contributed by atoms with Crippen LogP contribution in [0, 0.1) is 11.3 Å². The predicted molar refractivity (Wildman–Crippen MR) is 74.7 cm³/mol. The van der Waals surface area contributed by atoms with Crippen LogP contribution in [-0.2, 0) is 29.1 Å². The molecule has 0 aromatic carbocycles. The third kappa shape index (κ3) is 8.67. The van der Waals surface area contributed by atoms with E-state index in [1.807, 2.05) is 6.92 Å². The molecule has 0 saturated carbocycles. The minimum absolute atomic E-state index is 0.0997. The minimum Gasteiger partial charge on any atom is -0.247 e. The monoisotopic (exact) mass is 302 g/mol. The second kappa shape index (κ2) is 9.00. The Morgan fingerprint density at radius 1 is 1.00 bits per heavy atom. The summed E-state index contributed by atoms with van der Waals surface area (Å²) in [6.07, 6.45) is 3.52. The molecule has 1 aliphatic rings. The SMILES string of the molecule is CC1CC(=O)OOC(=O)CCCCCOOCC(C)(C)C1. The fourth-order valence-electron chi connectivity index (χ4n) is 2.39. The first-order valence-electron chi connectivity index (χ1n) is 7.54. The van der Waals surface area contributed by atoms with Gasteiger partial charge in [-0.15, -0.1) is 0 Å². The summed E-state index contributed by atoms with van der Waals surface area (Å²) in [6, 6.07) is 0. The summed E-state index contributed by atoms with van der Waals surface area (Å²) in [4.78, 5) is 42.4. The first-order valence-corrected chi connectivity index (χ1v) is 7.54. The maximum absolute atomic E-state index is 11.6. The Bertz CT molecular complexity index is 339. The third-order valence-electron chi connectivity index (χ3n) is 3.29. The normalized spacial score (nSPS) is 26.7. The van der Waals surface area contributed by atoms with Crippen molar-refractivity contribution >= 4 is 11.9 Å². The zero-order chi connectivity index (χ0) is 15.7. The molecule has 0 N–H and O–H groups in total. The lowest BCUT2D eigenvalue weighted by atomic mass is 9.83. The van der Waals surface area contributed by atoms with Gasteiger partial charge in [-0.2, -0.15) is 0 Å². The molecule has 6 nitrogen and oxygen atoms in total. The van der Waals surface area contributed by atoms with Crippen LogP contribution in [0.25, 0.3) is 0 Å². The number of rotatable bonds is 0. The molecule has 1 rings (SSSR count). The molecular formula is C15H26O6. The summed E-state index contributed by atoms with van der Waals surface area (Å²) in [5, 5.41) is 0. The molecule has 0 aliphatic carbocycles. The zero-order valence-electron chi connectivity index (χ0n) is 13.2. The molecule has 21 heavy (non-hydrogen) atoms. The Balaban J connectivity index is 2.51. The largest absolute Gasteiger partial charge is 0.355 e. The predicted octanol–water partition coefficient (Wildman–Crippen LogP) is 2.95. The highest BCUT2D eigenvalue weighted by Gasteiger charge is 2.24. The second-order valence-corrected chi connectivity index (χ2v) is 6.48. The van der Waals surface area contributed by atoms with E-state index >= 15 is 0 Å². The highest BCUT2D eigenvalue weighted by molar-refractivity contribution is 5.72. The quantitative estimate of drug-likeness (QED) is 0.641. The van der Waals surface area contributed by atoms with Crippen LogP contribution in [0.1, 0.15) is 59.3 Å². The van der Waals surface area contributed by atoms with Gasteiger partial charge >= 0.3 is 11.9 Å². The van der Waals surface area contributed by atoms with Crippen LogP contribution in [0.3, 0.4) is 0 Å². The minimum atomic E-state index is -0.518. The Hall–Kier alpha value is -1.14. The van der Waals surface area contributed by atoms with Gasteiger partial charge in [0, 0.05) is 0 Å². The lowest BCUT2D eigenvalue weighted by Crippen LogP contribution is -2.24. The van der Waals surface area contributed by atoms with Gasteiger partial charge in [0.25, 0.3) is 0 Å². The van der Waals surface area contributed by atoms with E-state index in [2.05, 4.69) is 23.6 Å². The molecular weight excluding hydrogens is 276 g/mol. The van der Waals surface area contributed by atoms with Gasteiger partial charge in [0.05, 0.1) is 26.1 Å². The number of carbonyl (C=O) groups excluding carboxylic acids is 2. The van der Waals surface area contributed by atoms with Crippen LogP contribution in [0.2, 0.25) is 0 Å². The molecule has 1 unspecified atom stereocenters. The van der Waals surface area contributed by atoms with Gasteiger partial charge in [0.2, 0.25) is 0 Å². The Labute approximate surface area is 125 Å². The molecule has 6 heteroatoms. The van der Waals surface area contributed by atoms with Crippen molar-refractivity contribution in [3.05, 3.63) is 0 Å². The molecule has 0 amide bonds.